The summed E-state index contributed by atoms with van der Waals surface area (Å²) >= 11 is 0. The average Bonchev–Trinajstić information content (AvgIpc) is 2.96. The predicted molar refractivity (Wildman–Crippen MR) is 106 cm³/mol. The van der Waals surface area contributed by atoms with Crippen LogP contribution >= 0.6 is 0 Å². The molecule has 10 atom stereocenters. The van der Waals surface area contributed by atoms with Crippen molar-refractivity contribution in [2.45, 2.75) is 82.3 Å². The van der Waals surface area contributed by atoms with Crippen molar-refractivity contribution in [3.8, 4) is 0 Å². The summed E-state index contributed by atoms with van der Waals surface area (Å²) in [5.74, 6) is -1.60. The van der Waals surface area contributed by atoms with Crippen LogP contribution in [0, 0.1) is 17.8 Å². The van der Waals surface area contributed by atoms with Crippen molar-refractivity contribution in [2.75, 3.05) is 13.2 Å². The fourth-order valence-electron chi connectivity index (χ4n) is 4.57. The van der Waals surface area contributed by atoms with E-state index < -0.39 is 73.1 Å². The Morgan fingerprint density at radius 3 is 2.50 bits per heavy atom. The van der Waals surface area contributed by atoms with E-state index in [9.17, 15) is 35.4 Å². The van der Waals surface area contributed by atoms with Crippen molar-refractivity contribution in [1.29, 1.82) is 0 Å². The van der Waals surface area contributed by atoms with Crippen molar-refractivity contribution >= 4 is 5.97 Å². The van der Waals surface area contributed by atoms with Gasteiger partial charge in [-0.1, -0.05) is 13.8 Å². The molecule has 0 aromatic rings. The molecule has 1 saturated carbocycles. The highest BCUT2D eigenvalue weighted by atomic mass is 16.7. The van der Waals surface area contributed by atoms with E-state index in [-0.39, 0.29) is 25.4 Å². The minimum Gasteiger partial charge on any atom is -0.462 e. The Kier molecular flexibility index (Phi) is 7.83. The zero-order chi connectivity index (χ0) is 23.8. The van der Waals surface area contributed by atoms with Gasteiger partial charge in [0, 0.05) is 12.3 Å². The molecule has 6 N–H and O–H groups in total. The van der Waals surface area contributed by atoms with Gasteiger partial charge in [0.05, 0.1) is 37.1 Å². The van der Waals surface area contributed by atoms with Gasteiger partial charge in [0.2, 0.25) is 6.29 Å². The van der Waals surface area contributed by atoms with E-state index in [1.807, 2.05) is 13.8 Å². The zero-order valence-corrected chi connectivity index (χ0v) is 18.4. The lowest BCUT2D eigenvalue weighted by atomic mass is 9.81. The normalized spacial score (nSPS) is 44.1. The first kappa shape index (κ1) is 25.3. The first-order chi connectivity index (χ1) is 15.0. The monoisotopic (exact) mass is 462 g/mol. The smallest absolute Gasteiger partial charge is 0.309 e. The standard InChI is InChI=1S/C21H34O11/c1-9(2)4-14(24)32-19-15-11(5-13(23)21(15,3)28)10(7-29-19)8-30-20-18(27)17(26)16(25)12(6-22)31-20/h7,9,11-13,15-20,22-23,25-28H,4-6,8H2,1-3H3/t11-,12+,13+,15-,16+,17-,18+,19+,20+,21-/m1/s1. The number of carbonyl (C=O) groups is 1. The van der Waals surface area contributed by atoms with E-state index in [4.69, 9.17) is 18.9 Å². The summed E-state index contributed by atoms with van der Waals surface area (Å²) in [4.78, 5) is 12.2. The maximum atomic E-state index is 12.2. The molecule has 0 unspecified atom stereocenters. The maximum absolute atomic E-state index is 12.2. The quantitative estimate of drug-likeness (QED) is 0.240. The highest BCUT2D eigenvalue weighted by molar-refractivity contribution is 5.69. The number of aliphatic hydroxyl groups is 6. The van der Waals surface area contributed by atoms with Crippen LogP contribution in [0.3, 0.4) is 0 Å². The number of esters is 1. The number of rotatable bonds is 7. The van der Waals surface area contributed by atoms with Gasteiger partial charge in [0.15, 0.2) is 6.29 Å². The lowest BCUT2D eigenvalue weighted by molar-refractivity contribution is -0.299. The third-order valence-corrected chi connectivity index (χ3v) is 6.47. The van der Waals surface area contributed by atoms with Crippen molar-refractivity contribution in [2.24, 2.45) is 17.8 Å². The fraction of sp³-hybridized carbons (Fsp3) is 0.857. The molecule has 0 radical (unpaired) electrons. The van der Waals surface area contributed by atoms with Crippen molar-refractivity contribution < 1.29 is 54.4 Å². The Hall–Kier alpha value is -1.31. The number of hydrogen-bond acceptors (Lipinski definition) is 11. The van der Waals surface area contributed by atoms with E-state index in [0.29, 0.717) is 5.57 Å². The molecule has 0 spiro atoms. The molecule has 3 rings (SSSR count). The molecule has 2 aliphatic heterocycles. The Morgan fingerprint density at radius 1 is 1.19 bits per heavy atom. The van der Waals surface area contributed by atoms with Gasteiger partial charge in [-0.15, -0.1) is 0 Å². The van der Waals surface area contributed by atoms with Crippen molar-refractivity contribution in [3.05, 3.63) is 11.8 Å². The van der Waals surface area contributed by atoms with Gasteiger partial charge in [0.25, 0.3) is 0 Å². The molecule has 2 fully saturated rings. The lowest BCUT2D eigenvalue weighted by Gasteiger charge is -2.41. The van der Waals surface area contributed by atoms with Crippen LogP contribution in [0.15, 0.2) is 11.8 Å². The van der Waals surface area contributed by atoms with Crippen molar-refractivity contribution in [3.63, 3.8) is 0 Å². The van der Waals surface area contributed by atoms with E-state index in [0.717, 1.165) is 0 Å². The summed E-state index contributed by atoms with van der Waals surface area (Å²) in [6.07, 6.45) is -7.58. The van der Waals surface area contributed by atoms with Gasteiger partial charge in [-0.2, -0.15) is 0 Å². The van der Waals surface area contributed by atoms with Gasteiger partial charge >= 0.3 is 5.97 Å². The number of carbonyl (C=O) groups excluding carboxylic acids is 1. The molecular weight excluding hydrogens is 428 g/mol. The maximum Gasteiger partial charge on any atom is 0.309 e. The number of fused-ring (bicyclic) bond motifs is 1. The summed E-state index contributed by atoms with van der Waals surface area (Å²) in [6, 6.07) is 0. The SMILES string of the molecule is CC(C)CC(=O)O[C@@H]1OC=C(CO[C@H]2O[C@@H](CO)[C@H](O)[C@@H](O)[C@@H]2O)[C@H]2C[C@H](O)[C@@](C)(O)[C@@H]12. The number of ether oxygens (including phenoxy) is 4. The molecule has 0 bridgehead atoms. The van der Waals surface area contributed by atoms with Crippen LogP contribution in [0.1, 0.15) is 33.6 Å². The highest BCUT2D eigenvalue weighted by Crippen LogP contribution is 2.49. The first-order valence-corrected chi connectivity index (χ1v) is 10.8. The minimum absolute atomic E-state index is 0.0783. The molecule has 0 aromatic carbocycles. The van der Waals surface area contributed by atoms with E-state index in [1.165, 1.54) is 13.2 Å². The molecule has 1 saturated heterocycles. The van der Waals surface area contributed by atoms with Gasteiger partial charge in [-0.05, 0) is 24.8 Å². The van der Waals surface area contributed by atoms with Gasteiger partial charge in [0.1, 0.15) is 24.4 Å². The van der Waals surface area contributed by atoms with Gasteiger partial charge < -0.3 is 49.6 Å². The number of aliphatic hydroxyl groups excluding tert-OH is 5. The van der Waals surface area contributed by atoms with Crippen LogP contribution in [0.4, 0.5) is 0 Å². The second-order valence-electron chi connectivity index (χ2n) is 9.40. The Labute approximate surface area is 186 Å². The van der Waals surface area contributed by atoms with Crippen LogP contribution in [0.25, 0.3) is 0 Å². The van der Waals surface area contributed by atoms with Gasteiger partial charge in [-0.3, -0.25) is 4.79 Å². The second-order valence-corrected chi connectivity index (χ2v) is 9.40. The largest absolute Gasteiger partial charge is 0.462 e. The van der Waals surface area contributed by atoms with E-state index in [2.05, 4.69) is 0 Å². The van der Waals surface area contributed by atoms with Crippen LogP contribution in [0.2, 0.25) is 0 Å². The first-order valence-electron chi connectivity index (χ1n) is 10.8. The van der Waals surface area contributed by atoms with E-state index >= 15 is 0 Å². The molecule has 0 aromatic heterocycles. The molecule has 3 aliphatic rings. The molecule has 2 heterocycles. The summed E-state index contributed by atoms with van der Waals surface area (Å²) in [5, 5.41) is 60.6. The number of hydrogen-bond donors (Lipinski definition) is 6. The molecule has 32 heavy (non-hydrogen) atoms. The Balaban J connectivity index is 1.72. The van der Waals surface area contributed by atoms with Crippen LogP contribution < -0.4 is 0 Å². The summed E-state index contributed by atoms with van der Waals surface area (Å²) in [7, 11) is 0. The third kappa shape index (κ3) is 4.95. The lowest BCUT2D eigenvalue weighted by Crippen LogP contribution is -2.59. The second kappa shape index (κ2) is 9.90. The van der Waals surface area contributed by atoms with Crippen LogP contribution in [-0.2, 0) is 23.7 Å². The van der Waals surface area contributed by atoms with Crippen LogP contribution in [0.5, 0.6) is 0 Å². The molecule has 11 heteroatoms. The average molecular weight is 462 g/mol. The fourth-order valence-corrected chi connectivity index (χ4v) is 4.57. The van der Waals surface area contributed by atoms with E-state index in [1.54, 1.807) is 0 Å². The molecule has 1 aliphatic carbocycles. The topological polar surface area (TPSA) is 175 Å². The van der Waals surface area contributed by atoms with Gasteiger partial charge in [-0.25, -0.2) is 0 Å². The summed E-state index contributed by atoms with van der Waals surface area (Å²) in [6.45, 7) is 4.46. The third-order valence-electron chi connectivity index (χ3n) is 6.47. The highest BCUT2D eigenvalue weighted by Gasteiger charge is 2.58. The Bertz CT molecular complexity index is 691. The molecule has 11 nitrogen and oxygen atoms in total. The predicted octanol–water partition coefficient (Wildman–Crippen LogP) is -1.62. The van der Waals surface area contributed by atoms with Crippen molar-refractivity contribution in [1.82, 2.24) is 0 Å². The minimum atomic E-state index is -1.59. The summed E-state index contributed by atoms with van der Waals surface area (Å²) < 4.78 is 22.0. The zero-order valence-electron chi connectivity index (χ0n) is 18.4. The van der Waals surface area contributed by atoms with Crippen LogP contribution in [-0.4, -0.2) is 98.5 Å². The summed E-state index contributed by atoms with van der Waals surface area (Å²) in [5.41, 5.74) is -1.06. The molecular formula is C21H34O11. The molecule has 0 amide bonds. The Morgan fingerprint density at radius 2 is 1.88 bits per heavy atom. The molecule has 184 valence electrons.